The van der Waals surface area contributed by atoms with Crippen LogP contribution in [0.2, 0.25) is 0 Å². The summed E-state index contributed by atoms with van der Waals surface area (Å²) in [5.41, 5.74) is 11.8. The minimum Gasteiger partial charge on any atom is -0.377 e. The summed E-state index contributed by atoms with van der Waals surface area (Å²) in [5.74, 6) is -0.191. The number of carbonyl (C=O) groups excluding carboxylic acids is 2. The van der Waals surface area contributed by atoms with E-state index in [4.69, 9.17) is 30.4 Å². The maximum atomic E-state index is 12.4. The number of rotatable bonds is 4. The second-order valence-corrected chi connectivity index (χ2v) is 7.13. The van der Waals surface area contributed by atoms with Crippen LogP contribution in [0.15, 0.2) is 0 Å². The van der Waals surface area contributed by atoms with Gasteiger partial charge >= 0.3 is 0 Å². The lowest BCUT2D eigenvalue weighted by Crippen LogP contribution is -2.46. The molecule has 0 radical (unpaired) electrons. The van der Waals surface area contributed by atoms with Crippen molar-refractivity contribution < 1.29 is 28.5 Å². The molecule has 10 heteroatoms. The molecule has 0 spiro atoms. The molecule has 1 saturated heterocycles. The van der Waals surface area contributed by atoms with E-state index < -0.39 is 12.1 Å². The summed E-state index contributed by atoms with van der Waals surface area (Å²) >= 11 is 0. The third kappa shape index (κ3) is 10.6. The Balaban J connectivity index is 2.53. The summed E-state index contributed by atoms with van der Waals surface area (Å²) in [6.07, 6.45) is 1.17. The van der Waals surface area contributed by atoms with Gasteiger partial charge in [-0.3, -0.25) is 9.59 Å². The van der Waals surface area contributed by atoms with Crippen LogP contribution in [0, 0.1) is 0 Å². The Kier molecular flexibility index (Phi) is 14.6. The van der Waals surface area contributed by atoms with Gasteiger partial charge in [0.1, 0.15) is 0 Å². The van der Waals surface area contributed by atoms with Crippen molar-refractivity contribution >= 4 is 11.8 Å². The molecule has 30 heavy (non-hydrogen) atoms. The maximum Gasteiger partial charge on any atom is 0.239 e. The molecule has 1 heterocycles. The van der Waals surface area contributed by atoms with Crippen LogP contribution in [0.4, 0.5) is 0 Å². The molecule has 0 bridgehead atoms. The lowest BCUT2D eigenvalue weighted by atomic mass is 10.2. The number of hydrogen-bond donors (Lipinski definition) is 2. The van der Waals surface area contributed by atoms with E-state index in [1.165, 1.54) is 0 Å². The Hall–Kier alpha value is -1.30. The van der Waals surface area contributed by atoms with Gasteiger partial charge in [0.15, 0.2) is 0 Å². The number of amides is 2. The molecule has 1 fully saturated rings. The zero-order chi connectivity index (χ0) is 22.2. The fourth-order valence-electron chi connectivity index (χ4n) is 2.83. The molecule has 0 aliphatic carbocycles. The molecule has 0 aromatic carbocycles. The molecule has 0 aromatic rings. The van der Waals surface area contributed by atoms with Gasteiger partial charge in [0, 0.05) is 26.2 Å². The van der Waals surface area contributed by atoms with Gasteiger partial charge in [0.05, 0.1) is 64.9 Å². The number of nitrogens with two attached hydrogens (primary N) is 2. The average molecular weight is 433 g/mol. The van der Waals surface area contributed by atoms with E-state index >= 15 is 0 Å². The molecular weight excluding hydrogens is 392 g/mol. The molecule has 1 aliphatic rings. The second kappa shape index (κ2) is 16.4. The lowest BCUT2D eigenvalue weighted by Gasteiger charge is -2.26. The third-order valence-electron chi connectivity index (χ3n) is 4.90. The molecule has 1 aliphatic heterocycles. The van der Waals surface area contributed by atoms with Crippen molar-refractivity contribution in [3.63, 3.8) is 0 Å². The van der Waals surface area contributed by atoms with Crippen molar-refractivity contribution in [2.24, 2.45) is 11.5 Å². The summed E-state index contributed by atoms with van der Waals surface area (Å²) in [4.78, 5) is 28.2. The fourth-order valence-corrected chi connectivity index (χ4v) is 2.83. The summed E-state index contributed by atoms with van der Waals surface area (Å²) in [6.45, 7) is 8.76. The van der Waals surface area contributed by atoms with Crippen LogP contribution in [0.25, 0.3) is 0 Å². The highest BCUT2D eigenvalue weighted by molar-refractivity contribution is 5.82. The van der Waals surface area contributed by atoms with E-state index in [1.807, 2.05) is 13.8 Å². The first-order valence-electron chi connectivity index (χ1n) is 10.9. The van der Waals surface area contributed by atoms with Crippen molar-refractivity contribution in [1.29, 1.82) is 0 Å². The lowest BCUT2D eigenvalue weighted by molar-refractivity contribution is -0.136. The van der Waals surface area contributed by atoms with Crippen LogP contribution in [-0.2, 0) is 28.5 Å². The van der Waals surface area contributed by atoms with Gasteiger partial charge in [0.25, 0.3) is 0 Å². The van der Waals surface area contributed by atoms with Crippen molar-refractivity contribution in [3.8, 4) is 0 Å². The minimum absolute atomic E-state index is 0.0957. The zero-order valence-corrected chi connectivity index (χ0v) is 18.6. The first-order chi connectivity index (χ1) is 14.5. The van der Waals surface area contributed by atoms with Gasteiger partial charge in [-0.1, -0.05) is 13.8 Å². The molecule has 1 rings (SSSR count). The summed E-state index contributed by atoms with van der Waals surface area (Å²) < 4.78 is 22.3. The number of nitrogens with zero attached hydrogens (tertiary/aromatic N) is 2. The normalized spacial score (nSPS) is 21.3. The highest BCUT2D eigenvalue weighted by Gasteiger charge is 2.20. The van der Waals surface area contributed by atoms with E-state index in [9.17, 15) is 9.59 Å². The summed E-state index contributed by atoms with van der Waals surface area (Å²) in [7, 11) is 0. The largest absolute Gasteiger partial charge is 0.377 e. The average Bonchev–Trinajstić information content (AvgIpc) is 2.76. The highest BCUT2D eigenvalue weighted by atomic mass is 16.5. The predicted molar refractivity (Wildman–Crippen MR) is 113 cm³/mol. The van der Waals surface area contributed by atoms with Crippen LogP contribution in [-0.4, -0.2) is 113 Å². The SMILES string of the molecule is CC[C@H](N)C(=O)N1CCOCCOCCN(C(=O)[C@@H](N)CC)CCOCCOCC1. The Bertz CT molecular complexity index is 420. The molecule has 4 N–H and O–H groups in total. The van der Waals surface area contributed by atoms with E-state index in [-0.39, 0.29) is 11.8 Å². The maximum absolute atomic E-state index is 12.4. The molecule has 176 valence electrons. The van der Waals surface area contributed by atoms with Gasteiger partial charge in [-0.2, -0.15) is 0 Å². The standard InChI is InChI=1S/C20H40N4O6/c1-3-17(21)19(25)23-5-9-27-13-15-29-11-7-24(20(26)18(22)4-2)8-12-30-16-14-28-10-6-23/h17-18H,3-16,21-22H2,1-2H3/t17-,18-/m0/s1. The third-order valence-corrected chi connectivity index (χ3v) is 4.90. The Morgan fingerprint density at radius 1 is 0.633 bits per heavy atom. The Morgan fingerprint density at radius 3 is 1.13 bits per heavy atom. The van der Waals surface area contributed by atoms with Gasteiger partial charge in [0.2, 0.25) is 11.8 Å². The molecule has 0 aromatic heterocycles. The number of carbonyl (C=O) groups is 2. The van der Waals surface area contributed by atoms with E-state index in [0.29, 0.717) is 91.9 Å². The topological polar surface area (TPSA) is 130 Å². The minimum atomic E-state index is -0.513. The van der Waals surface area contributed by atoms with Gasteiger partial charge in [-0.05, 0) is 12.8 Å². The molecule has 0 unspecified atom stereocenters. The molecule has 10 nitrogen and oxygen atoms in total. The molecule has 2 atom stereocenters. The van der Waals surface area contributed by atoms with Crippen molar-refractivity contribution in [2.45, 2.75) is 38.8 Å². The first-order valence-corrected chi connectivity index (χ1v) is 10.9. The Morgan fingerprint density at radius 2 is 0.900 bits per heavy atom. The second-order valence-electron chi connectivity index (χ2n) is 7.13. The van der Waals surface area contributed by atoms with Crippen LogP contribution in [0.1, 0.15) is 26.7 Å². The summed E-state index contributed by atoms with van der Waals surface area (Å²) in [5, 5.41) is 0. The van der Waals surface area contributed by atoms with E-state index in [0.717, 1.165) is 0 Å². The fraction of sp³-hybridized carbons (Fsp3) is 0.900. The van der Waals surface area contributed by atoms with Crippen molar-refractivity contribution in [2.75, 3.05) is 79.0 Å². The van der Waals surface area contributed by atoms with Gasteiger partial charge < -0.3 is 40.2 Å². The molecule has 0 saturated carbocycles. The van der Waals surface area contributed by atoms with Gasteiger partial charge in [-0.15, -0.1) is 0 Å². The van der Waals surface area contributed by atoms with Crippen LogP contribution in [0.5, 0.6) is 0 Å². The molecule has 2 amide bonds. The highest BCUT2D eigenvalue weighted by Crippen LogP contribution is 2.00. The quantitative estimate of drug-likeness (QED) is 0.591. The molecular formula is C20H40N4O6. The monoisotopic (exact) mass is 432 g/mol. The smallest absolute Gasteiger partial charge is 0.239 e. The Labute approximate surface area is 180 Å². The van der Waals surface area contributed by atoms with Crippen LogP contribution in [0.3, 0.4) is 0 Å². The first kappa shape index (κ1) is 26.7. The van der Waals surface area contributed by atoms with E-state index in [1.54, 1.807) is 9.80 Å². The predicted octanol–water partition coefficient (Wildman–Crippen LogP) is -0.802. The summed E-state index contributed by atoms with van der Waals surface area (Å²) in [6, 6.07) is -1.03. The van der Waals surface area contributed by atoms with Crippen molar-refractivity contribution in [3.05, 3.63) is 0 Å². The zero-order valence-electron chi connectivity index (χ0n) is 18.6. The number of hydrogen-bond acceptors (Lipinski definition) is 8. The van der Waals surface area contributed by atoms with Crippen molar-refractivity contribution in [1.82, 2.24) is 9.80 Å². The number of ether oxygens (including phenoxy) is 4. The van der Waals surface area contributed by atoms with Crippen LogP contribution < -0.4 is 11.5 Å². The van der Waals surface area contributed by atoms with Crippen LogP contribution >= 0.6 is 0 Å². The van der Waals surface area contributed by atoms with E-state index in [2.05, 4.69) is 0 Å². The van der Waals surface area contributed by atoms with Gasteiger partial charge in [-0.25, -0.2) is 0 Å².